The van der Waals surface area contributed by atoms with Crippen molar-refractivity contribution in [3.8, 4) is 5.75 Å². The number of hydrogen-bond acceptors (Lipinski definition) is 6. The second kappa shape index (κ2) is 12.7. The Balaban J connectivity index is 1.50. The van der Waals surface area contributed by atoms with Crippen molar-refractivity contribution < 1.29 is 22.7 Å². The standard InChI is InChI=1S/C25H35N3O5S/c1-3-33-24-11-5-4-10-23(24)28(34(2,30)31)13-7-12-25(29)26-19-21-8-6-9-22(18-21)20-27-14-16-32-17-15-27/h4-6,8-11,18H,3,7,12-17,19-20H2,1-2H3,(H,26,29). The third-order valence-corrected chi connectivity index (χ3v) is 6.77. The highest BCUT2D eigenvalue weighted by atomic mass is 32.2. The van der Waals surface area contributed by atoms with Gasteiger partial charge < -0.3 is 14.8 Å². The molecule has 34 heavy (non-hydrogen) atoms. The fraction of sp³-hybridized carbons (Fsp3) is 0.480. The van der Waals surface area contributed by atoms with E-state index in [2.05, 4.69) is 22.3 Å². The molecule has 0 spiro atoms. The van der Waals surface area contributed by atoms with Gasteiger partial charge in [0.2, 0.25) is 15.9 Å². The van der Waals surface area contributed by atoms with Gasteiger partial charge in [0.05, 0.1) is 31.8 Å². The summed E-state index contributed by atoms with van der Waals surface area (Å²) < 4.78 is 37.1. The Hall–Kier alpha value is -2.62. The van der Waals surface area contributed by atoms with Gasteiger partial charge in [-0.3, -0.25) is 14.0 Å². The van der Waals surface area contributed by atoms with Crippen LogP contribution >= 0.6 is 0 Å². The molecule has 1 saturated heterocycles. The minimum absolute atomic E-state index is 0.106. The third kappa shape index (κ3) is 8.00. The highest BCUT2D eigenvalue weighted by molar-refractivity contribution is 7.92. The normalized spacial score (nSPS) is 14.5. The van der Waals surface area contributed by atoms with E-state index in [1.165, 1.54) is 16.1 Å². The number of sulfonamides is 1. The number of carbonyl (C=O) groups is 1. The molecule has 0 saturated carbocycles. The molecular weight excluding hydrogens is 454 g/mol. The smallest absolute Gasteiger partial charge is 0.232 e. The van der Waals surface area contributed by atoms with Crippen LogP contribution in [0.4, 0.5) is 5.69 Å². The van der Waals surface area contributed by atoms with Gasteiger partial charge in [-0.15, -0.1) is 0 Å². The van der Waals surface area contributed by atoms with Gasteiger partial charge in [-0.2, -0.15) is 0 Å². The average molecular weight is 490 g/mol. The van der Waals surface area contributed by atoms with Gasteiger partial charge in [0.15, 0.2) is 0 Å². The molecule has 1 amide bonds. The number of ether oxygens (including phenoxy) is 2. The van der Waals surface area contributed by atoms with E-state index in [4.69, 9.17) is 9.47 Å². The number of nitrogens with one attached hydrogen (secondary N) is 1. The van der Waals surface area contributed by atoms with Gasteiger partial charge in [-0.05, 0) is 36.6 Å². The first-order valence-electron chi connectivity index (χ1n) is 11.7. The predicted octanol–water partition coefficient (Wildman–Crippen LogP) is 2.78. The minimum Gasteiger partial charge on any atom is -0.492 e. The molecule has 1 aliphatic rings. The summed E-state index contributed by atoms with van der Waals surface area (Å²) >= 11 is 0. The fourth-order valence-electron chi connectivity index (χ4n) is 3.93. The summed E-state index contributed by atoms with van der Waals surface area (Å²) in [5.74, 6) is 0.405. The van der Waals surface area contributed by atoms with Crippen LogP contribution < -0.4 is 14.4 Å². The Morgan fingerprint density at radius 1 is 1.12 bits per heavy atom. The molecule has 1 aliphatic heterocycles. The van der Waals surface area contributed by atoms with E-state index in [0.717, 1.165) is 38.4 Å². The van der Waals surface area contributed by atoms with E-state index >= 15 is 0 Å². The molecule has 186 valence electrons. The van der Waals surface area contributed by atoms with Crippen LogP contribution in [0.3, 0.4) is 0 Å². The van der Waals surface area contributed by atoms with Crippen molar-refractivity contribution in [2.75, 3.05) is 50.0 Å². The monoisotopic (exact) mass is 489 g/mol. The lowest BCUT2D eigenvalue weighted by molar-refractivity contribution is -0.121. The number of nitrogens with zero attached hydrogens (tertiary/aromatic N) is 2. The summed E-state index contributed by atoms with van der Waals surface area (Å²) in [5.41, 5.74) is 2.75. The van der Waals surface area contributed by atoms with Crippen molar-refractivity contribution in [3.63, 3.8) is 0 Å². The van der Waals surface area contributed by atoms with Gasteiger partial charge in [-0.1, -0.05) is 36.4 Å². The summed E-state index contributed by atoms with van der Waals surface area (Å²) in [6.45, 7) is 7.20. The number of para-hydroxylation sites is 2. The maximum absolute atomic E-state index is 12.4. The number of amides is 1. The summed E-state index contributed by atoms with van der Waals surface area (Å²) in [6.07, 6.45) is 1.80. The lowest BCUT2D eigenvalue weighted by Crippen LogP contribution is -2.35. The molecule has 2 aromatic carbocycles. The van der Waals surface area contributed by atoms with E-state index in [1.54, 1.807) is 24.3 Å². The van der Waals surface area contributed by atoms with Gasteiger partial charge in [0.25, 0.3) is 0 Å². The van der Waals surface area contributed by atoms with Crippen LogP contribution in [0, 0.1) is 0 Å². The number of anilines is 1. The maximum atomic E-state index is 12.4. The van der Waals surface area contributed by atoms with Crippen LogP contribution in [-0.2, 0) is 32.6 Å². The minimum atomic E-state index is -3.52. The van der Waals surface area contributed by atoms with E-state index in [9.17, 15) is 13.2 Å². The van der Waals surface area contributed by atoms with Crippen molar-refractivity contribution in [2.45, 2.75) is 32.9 Å². The maximum Gasteiger partial charge on any atom is 0.232 e. The molecule has 9 heteroatoms. The first-order chi connectivity index (χ1) is 16.4. The lowest BCUT2D eigenvalue weighted by Gasteiger charge is -2.26. The molecule has 0 aliphatic carbocycles. The second-order valence-electron chi connectivity index (χ2n) is 8.32. The zero-order chi connectivity index (χ0) is 24.4. The topological polar surface area (TPSA) is 88.2 Å². The van der Waals surface area contributed by atoms with Crippen molar-refractivity contribution >= 4 is 21.6 Å². The Labute approximate surface area is 202 Å². The Kier molecular flexibility index (Phi) is 9.74. The van der Waals surface area contributed by atoms with Gasteiger partial charge >= 0.3 is 0 Å². The van der Waals surface area contributed by atoms with E-state index in [1.807, 2.05) is 19.1 Å². The molecule has 0 atom stereocenters. The fourth-order valence-corrected chi connectivity index (χ4v) is 4.90. The van der Waals surface area contributed by atoms with Crippen LogP contribution in [0.15, 0.2) is 48.5 Å². The number of morpholine rings is 1. The van der Waals surface area contributed by atoms with E-state index < -0.39 is 10.0 Å². The zero-order valence-electron chi connectivity index (χ0n) is 20.0. The highest BCUT2D eigenvalue weighted by Gasteiger charge is 2.21. The molecule has 0 radical (unpaired) electrons. The molecule has 1 heterocycles. The van der Waals surface area contributed by atoms with Crippen LogP contribution in [-0.4, -0.2) is 64.9 Å². The van der Waals surface area contributed by atoms with Gasteiger partial charge in [0, 0.05) is 39.1 Å². The number of rotatable bonds is 12. The zero-order valence-corrected chi connectivity index (χ0v) is 20.9. The first kappa shape index (κ1) is 26.0. The van der Waals surface area contributed by atoms with Crippen LogP contribution in [0.2, 0.25) is 0 Å². The van der Waals surface area contributed by atoms with Crippen molar-refractivity contribution in [3.05, 3.63) is 59.7 Å². The summed E-state index contributed by atoms with van der Waals surface area (Å²) in [6, 6.07) is 15.3. The molecule has 0 aromatic heterocycles. The molecule has 1 fully saturated rings. The SMILES string of the molecule is CCOc1ccccc1N(CCCC(=O)NCc1cccc(CN2CCOCC2)c1)S(C)(=O)=O. The molecule has 3 rings (SSSR count). The summed E-state index contributed by atoms with van der Waals surface area (Å²) in [7, 11) is -3.52. The van der Waals surface area contributed by atoms with Gasteiger partial charge in [0.1, 0.15) is 5.75 Å². The van der Waals surface area contributed by atoms with Crippen molar-refractivity contribution in [1.29, 1.82) is 0 Å². The second-order valence-corrected chi connectivity index (χ2v) is 10.2. The Morgan fingerprint density at radius 3 is 2.59 bits per heavy atom. The third-order valence-electron chi connectivity index (χ3n) is 5.59. The van der Waals surface area contributed by atoms with Crippen molar-refractivity contribution in [2.24, 2.45) is 0 Å². The van der Waals surface area contributed by atoms with Gasteiger partial charge in [-0.25, -0.2) is 8.42 Å². The molecular formula is C25H35N3O5S. The number of carbonyl (C=O) groups excluding carboxylic acids is 1. The van der Waals surface area contributed by atoms with Crippen LogP contribution in [0.1, 0.15) is 30.9 Å². The Bertz CT molecular complexity index is 1040. The molecule has 0 unspecified atom stereocenters. The molecule has 2 aromatic rings. The van der Waals surface area contributed by atoms with E-state index in [0.29, 0.717) is 31.0 Å². The average Bonchev–Trinajstić information content (AvgIpc) is 2.81. The number of hydrogen-bond donors (Lipinski definition) is 1. The molecule has 0 bridgehead atoms. The first-order valence-corrected chi connectivity index (χ1v) is 13.6. The number of benzene rings is 2. The molecule has 1 N–H and O–H groups in total. The summed E-state index contributed by atoms with van der Waals surface area (Å²) in [4.78, 5) is 14.8. The van der Waals surface area contributed by atoms with Crippen LogP contribution in [0.5, 0.6) is 5.75 Å². The molecule has 8 nitrogen and oxygen atoms in total. The lowest BCUT2D eigenvalue weighted by atomic mass is 10.1. The largest absolute Gasteiger partial charge is 0.492 e. The van der Waals surface area contributed by atoms with Crippen molar-refractivity contribution in [1.82, 2.24) is 10.2 Å². The predicted molar refractivity (Wildman–Crippen MR) is 133 cm³/mol. The van der Waals surface area contributed by atoms with Crippen LogP contribution in [0.25, 0.3) is 0 Å². The quantitative estimate of drug-likeness (QED) is 0.493. The van der Waals surface area contributed by atoms with E-state index in [-0.39, 0.29) is 18.9 Å². The summed E-state index contributed by atoms with van der Waals surface area (Å²) in [5, 5.41) is 2.95. The Morgan fingerprint density at radius 2 is 1.85 bits per heavy atom. The highest BCUT2D eigenvalue weighted by Crippen LogP contribution is 2.30.